The lowest BCUT2D eigenvalue weighted by molar-refractivity contribution is -0.124. The quantitative estimate of drug-likeness (QED) is 0.860. The highest BCUT2D eigenvalue weighted by molar-refractivity contribution is 5.95. The Morgan fingerprint density at radius 2 is 1.71 bits per heavy atom. The van der Waals surface area contributed by atoms with Crippen molar-refractivity contribution in [1.82, 2.24) is 10.2 Å². The first kappa shape index (κ1) is 20.6. The van der Waals surface area contributed by atoms with Crippen LogP contribution in [0.2, 0.25) is 0 Å². The van der Waals surface area contributed by atoms with Crippen molar-refractivity contribution >= 4 is 24.1 Å². The minimum atomic E-state index is -0.459. The molecule has 0 spiro atoms. The van der Waals surface area contributed by atoms with Gasteiger partial charge in [0.2, 0.25) is 0 Å². The lowest BCUT2D eigenvalue weighted by Crippen LogP contribution is -2.48. The van der Waals surface area contributed by atoms with E-state index in [0.29, 0.717) is 25.9 Å². The molecule has 0 radical (unpaired) electrons. The Hall–Kier alpha value is -2.17. The number of halogens is 1. The van der Waals surface area contributed by atoms with E-state index < -0.39 is 5.41 Å². The van der Waals surface area contributed by atoms with E-state index in [4.69, 9.17) is 0 Å². The molecule has 148 valence electrons. The lowest BCUT2D eigenvalue weighted by Gasteiger charge is -2.40. The molecular weight excluding hydrogens is 372 g/mol. The van der Waals surface area contributed by atoms with Crippen LogP contribution < -0.4 is 5.32 Å². The molecule has 0 bridgehead atoms. The number of nitrogens with one attached hydrogen (secondary N) is 1. The standard InChI is InChI=1S/C23H26N2O2.ClH/c1-17(26)23(21-5-3-2-4-6-21)10-13-25(14-11-23)22(27)19-7-8-20-16-24-12-9-18(20)15-19;/h2-8,15,24H,9-14,16H2,1H3;1H. The van der Waals surface area contributed by atoms with Crippen LogP contribution in [0.5, 0.6) is 0 Å². The second kappa shape index (κ2) is 8.46. The Kier molecular flexibility index (Phi) is 6.21. The minimum Gasteiger partial charge on any atom is -0.339 e. The number of ketones is 1. The molecule has 0 aliphatic carbocycles. The zero-order valence-electron chi connectivity index (χ0n) is 16.2. The van der Waals surface area contributed by atoms with E-state index in [1.54, 1.807) is 6.92 Å². The van der Waals surface area contributed by atoms with Crippen LogP contribution in [0.15, 0.2) is 48.5 Å². The second-order valence-corrected chi connectivity index (χ2v) is 7.71. The number of amides is 1. The van der Waals surface area contributed by atoms with Gasteiger partial charge in [-0.25, -0.2) is 0 Å². The molecule has 0 atom stereocenters. The monoisotopic (exact) mass is 398 g/mol. The van der Waals surface area contributed by atoms with Crippen LogP contribution >= 0.6 is 12.4 Å². The highest BCUT2D eigenvalue weighted by Crippen LogP contribution is 2.37. The molecule has 0 aromatic heterocycles. The Morgan fingerprint density at radius 1 is 1.00 bits per heavy atom. The third-order valence-corrected chi connectivity index (χ3v) is 6.24. The van der Waals surface area contributed by atoms with Gasteiger partial charge in [-0.1, -0.05) is 36.4 Å². The number of hydrogen-bond donors (Lipinski definition) is 1. The van der Waals surface area contributed by atoms with Gasteiger partial charge in [-0.2, -0.15) is 0 Å². The summed E-state index contributed by atoms with van der Waals surface area (Å²) in [6.07, 6.45) is 2.35. The predicted octanol–water partition coefficient (Wildman–Crippen LogP) is 3.52. The van der Waals surface area contributed by atoms with Crippen molar-refractivity contribution in [3.05, 3.63) is 70.8 Å². The number of likely N-dealkylation sites (tertiary alicyclic amines) is 1. The average Bonchev–Trinajstić information content (AvgIpc) is 2.73. The third-order valence-electron chi connectivity index (χ3n) is 6.24. The van der Waals surface area contributed by atoms with Crippen molar-refractivity contribution in [2.24, 2.45) is 0 Å². The molecule has 4 nitrogen and oxygen atoms in total. The van der Waals surface area contributed by atoms with Crippen molar-refractivity contribution in [2.45, 2.75) is 38.1 Å². The summed E-state index contributed by atoms with van der Waals surface area (Å²) in [6.45, 7) is 4.76. The lowest BCUT2D eigenvalue weighted by atomic mass is 9.70. The normalized spacial score (nSPS) is 18.0. The summed E-state index contributed by atoms with van der Waals surface area (Å²) in [5, 5.41) is 3.36. The van der Waals surface area contributed by atoms with E-state index in [-0.39, 0.29) is 24.1 Å². The fourth-order valence-electron chi connectivity index (χ4n) is 4.49. The summed E-state index contributed by atoms with van der Waals surface area (Å²) >= 11 is 0. The van der Waals surface area contributed by atoms with Crippen molar-refractivity contribution in [3.8, 4) is 0 Å². The van der Waals surface area contributed by atoms with Gasteiger partial charge in [0.1, 0.15) is 5.78 Å². The molecule has 1 N–H and O–H groups in total. The molecule has 2 aliphatic heterocycles. The maximum Gasteiger partial charge on any atom is 0.253 e. The number of carbonyl (C=O) groups is 2. The van der Waals surface area contributed by atoms with Crippen LogP contribution in [0, 0.1) is 0 Å². The maximum absolute atomic E-state index is 13.0. The van der Waals surface area contributed by atoms with Gasteiger partial charge >= 0.3 is 0 Å². The summed E-state index contributed by atoms with van der Waals surface area (Å²) in [4.78, 5) is 27.5. The zero-order chi connectivity index (χ0) is 18.9. The topological polar surface area (TPSA) is 49.4 Å². The van der Waals surface area contributed by atoms with Gasteiger partial charge in [0.25, 0.3) is 5.91 Å². The maximum atomic E-state index is 13.0. The van der Waals surface area contributed by atoms with E-state index in [1.807, 2.05) is 41.3 Å². The van der Waals surface area contributed by atoms with Crippen LogP contribution in [-0.4, -0.2) is 36.2 Å². The van der Waals surface area contributed by atoms with Gasteiger partial charge in [-0.15, -0.1) is 12.4 Å². The molecule has 0 saturated carbocycles. The Morgan fingerprint density at radius 3 is 2.39 bits per heavy atom. The van der Waals surface area contributed by atoms with Crippen molar-refractivity contribution < 1.29 is 9.59 Å². The highest BCUT2D eigenvalue weighted by atomic mass is 35.5. The molecule has 4 rings (SSSR count). The molecule has 1 saturated heterocycles. The van der Waals surface area contributed by atoms with E-state index in [9.17, 15) is 9.59 Å². The van der Waals surface area contributed by atoms with Gasteiger partial charge in [0.15, 0.2) is 0 Å². The van der Waals surface area contributed by atoms with Crippen LogP contribution in [0.3, 0.4) is 0 Å². The van der Waals surface area contributed by atoms with Crippen LogP contribution in [0.1, 0.15) is 46.8 Å². The van der Waals surface area contributed by atoms with Crippen LogP contribution in [0.25, 0.3) is 0 Å². The molecule has 5 heteroatoms. The molecule has 1 amide bonds. The summed E-state index contributed by atoms with van der Waals surface area (Å²) < 4.78 is 0. The summed E-state index contributed by atoms with van der Waals surface area (Å²) in [5.74, 6) is 0.281. The molecule has 0 unspecified atom stereocenters. The fourth-order valence-corrected chi connectivity index (χ4v) is 4.49. The van der Waals surface area contributed by atoms with Crippen LogP contribution in [-0.2, 0) is 23.2 Å². The number of piperidine rings is 1. The predicted molar refractivity (Wildman–Crippen MR) is 113 cm³/mol. The number of Topliss-reactive ketones (excluding diaryl/α,β-unsaturated/α-hetero) is 1. The molecule has 28 heavy (non-hydrogen) atoms. The number of fused-ring (bicyclic) bond motifs is 1. The second-order valence-electron chi connectivity index (χ2n) is 7.71. The first-order chi connectivity index (χ1) is 13.1. The number of nitrogens with zero attached hydrogens (tertiary/aromatic N) is 1. The number of carbonyl (C=O) groups excluding carboxylic acids is 2. The largest absolute Gasteiger partial charge is 0.339 e. The number of benzene rings is 2. The summed E-state index contributed by atoms with van der Waals surface area (Å²) in [6, 6.07) is 16.1. The molecule has 2 aliphatic rings. The van der Waals surface area contributed by atoms with Gasteiger partial charge in [0.05, 0.1) is 5.41 Å². The SMILES string of the molecule is CC(=O)C1(c2ccccc2)CCN(C(=O)c2ccc3c(c2)CCNC3)CC1.Cl. The number of rotatable bonds is 3. The highest BCUT2D eigenvalue weighted by Gasteiger charge is 2.41. The van der Waals surface area contributed by atoms with E-state index in [1.165, 1.54) is 11.1 Å². The van der Waals surface area contributed by atoms with E-state index in [2.05, 4.69) is 17.4 Å². The summed E-state index contributed by atoms with van der Waals surface area (Å²) in [7, 11) is 0. The first-order valence-electron chi connectivity index (χ1n) is 9.78. The van der Waals surface area contributed by atoms with Gasteiger partial charge in [-0.3, -0.25) is 9.59 Å². The molecule has 1 fully saturated rings. The minimum absolute atomic E-state index is 0. The van der Waals surface area contributed by atoms with E-state index in [0.717, 1.165) is 30.6 Å². The zero-order valence-corrected chi connectivity index (χ0v) is 17.1. The fraction of sp³-hybridized carbons (Fsp3) is 0.391. The van der Waals surface area contributed by atoms with Gasteiger partial charge in [0, 0.05) is 25.2 Å². The van der Waals surface area contributed by atoms with Crippen LogP contribution in [0.4, 0.5) is 0 Å². The molecular formula is C23H27ClN2O2. The first-order valence-corrected chi connectivity index (χ1v) is 9.78. The molecule has 2 heterocycles. The van der Waals surface area contributed by atoms with Crippen molar-refractivity contribution in [2.75, 3.05) is 19.6 Å². The Labute approximate surface area is 172 Å². The van der Waals surface area contributed by atoms with E-state index >= 15 is 0 Å². The van der Waals surface area contributed by atoms with Crippen molar-refractivity contribution in [1.29, 1.82) is 0 Å². The third kappa shape index (κ3) is 3.71. The Balaban J connectivity index is 0.00000225. The summed E-state index contributed by atoms with van der Waals surface area (Å²) in [5.41, 5.74) is 3.95. The van der Waals surface area contributed by atoms with Gasteiger partial charge in [-0.05, 0) is 61.6 Å². The molecule has 2 aromatic rings. The Bertz CT molecular complexity index is 858. The van der Waals surface area contributed by atoms with Crippen molar-refractivity contribution in [3.63, 3.8) is 0 Å². The smallest absolute Gasteiger partial charge is 0.253 e. The molecule has 2 aromatic carbocycles. The number of hydrogen-bond acceptors (Lipinski definition) is 3. The van der Waals surface area contributed by atoms with Gasteiger partial charge < -0.3 is 10.2 Å². The average molecular weight is 399 g/mol.